The average molecular weight is 238 g/mol. The summed E-state index contributed by atoms with van der Waals surface area (Å²) >= 11 is 3.97. The van der Waals surface area contributed by atoms with Gasteiger partial charge in [-0.2, -0.15) is 12.6 Å². The lowest BCUT2D eigenvalue weighted by Gasteiger charge is -2.02. The fraction of sp³-hybridized carbons (Fsp3) is 0.200. The van der Waals surface area contributed by atoms with Crippen LogP contribution in [0.2, 0.25) is 0 Å². The number of H-pyrrole nitrogens is 1. The first kappa shape index (κ1) is 10.8. The number of thiol groups is 1. The first-order chi connectivity index (χ1) is 7.69. The number of fused-ring (bicyclic) bond motifs is 1. The van der Waals surface area contributed by atoms with Crippen LogP contribution in [-0.2, 0) is 4.79 Å². The summed E-state index contributed by atoms with van der Waals surface area (Å²) in [5.41, 5.74) is 1.65. The molecular weight excluding hydrogens is 228 g/mol. The third-order valence-electron chi connectivity index (χ3n) is 2.04. The summed E-state index contributed by atoms with van der Waals surface area (Å²) in [6.45, 7) is 0. The summed E-state index contributed by atoms with van der Waals surface area (Å²) in [5.74, 6) is -0.120. The van der Waals surface area contributed by atoms with Crippen molar-refractivity contribution in [2.75, 3.05) is 11.1 Å². The van der Waals surface area contributed by atoms with Gasteiger partial charge in [-0.3, -0.25) is 9.78 Å². The summed E-state index contributed by atoms with van der Waals surface area (Å²) in [5, 5.41) is 2.69. The highest BCUT2D eigenvalue weighted by molar-refractivity contribution is 7.80. The number of carbonyl (C=O) groups is 1. The Balaban J connectivity index is 2.25. The molecule has 0 radical (unpaired) electrons. The highest BCUT2D eigenvalue weighted by atomic mass is 32.1. The van der Waals surface area contributed by atoms with Gasteiger partial charge >= 0.3 is 5.76 Å². The third-order valence-corrected chi connectivity index (χ3v) is 2.27. The number of rotatable bonds is 3. The second kappa shape index (κ2) is 4.44. The molecule has 2 rings (SSSR count). The maximum Gasteiger partial charge on any atom is 0.417 e. The molecule has 0 bridgehead atoms. The minimum atomic E-state index is -0.506. The number of hydrogen-bond donors (Lipinski definition) is 3. The molecule has 5 nitrogen and oxygen atoms in total. The molecule has 0 saturated heterocycles. The van der Waals surface area contributed by atoms with E-state index in [4.69, 9.17) is 4.42 Å². The van der Waals surface area contributed by atoms with Gasteiger partial charge in [-0.15, -0.1) is 0 Å². The standard InChI is InChI=1S/C10H10N2O3S/c13-9(3-4-16)11-6-1-2-8-7(5-6)12-10(14)15-8/h1-2,5,16H,3-4H2,(H,11,13)(H,12,14). The van der Waals surface area contributed by atoms with Gasteiger partial charge in [0.2, 0.25) is 5.91 Å². The number of hydrogen-bond acceptors (Lipinski definition) is 4. The van der Waals surface area contributed by atoms with E-state index in [1.807, 2.05) is 0 Å². The summed E-state index contributed by atoms with van der Waals surface area (Å²) in [6.07, 6.45) is 0.350. The monoisotopic (exact) mass is 238 g/mol. The molecule has 6 heteroatoms. The van der Waals surface area contributed by atoms with Crippen LogP contribution in [0.4, 0.5) is 5.69 Å². The van der Waals surface area contributed by atoms with Crippen LogP contribution in [0.5, 0.6) is 0 Å². The maximum absolute atomic E-state index is 11.3. The highest BCUT2D eigenvalue weighted by Gasteiger charge is 2.04. The summed E-state index contributed by atoms with van der Waals surface area (Å²) in [4.78, 5) is 24.7. The molecule has 0 aliphatic rings. The Morgan fingerprint density at radius 1 is 1.50 bits per heavy atom. The SMILES string of the molecule is O=C(CCS)Nc1ccc2oc(=O)[nH]c2c1. The van der Waals surface area contributed by atoms with Crippen molar-refractivity contribution in [3.63, 3.8) is 0 Å². The number of nitrogens with one attached hydrogen (secondary N) is 2. The molecule has 0 atom stereocenters. The summed E-state index contributed by atoms with van der Waals surface area (Å²) < 4.78 is 4.84. The van der Waals surface area contributed by atoms with Crippen molar-refractivity contribution in [2.24, 2.45) is 0 Å². The number of aromatic amines is 1. The molecule has 0 saturated carbocycles. The van der Waals surface area contributed by atoms with Crippen molar-refractivity contribution < 1.29 is 9.21 Å². The Morgan fingerprint density at radius 2 is 2.31 bits per heavy atom. The normalized spacial score (nSPS) is 10.6. The van der Waals surface area contributed by atoms with Crippen molar-refractivity contribution in [3.8, 4) is 0 Å². The zero-order chi connectivity index (χ0) is 11.5. The first-order valence-electron chi connectivity index (χ1n) is 4.72. The molecule has 84 valence electrons. The average Bonchev–Trinajstić information content (AvgIpc) is 2.57. The number of carbonyl (C=O) groups excluding carboxylic acids is 1. The minimum absolute atomic E-state index is 0.111. The number of anilines is 1. The van der Waals surface area contributed by atoms with Gasteiger partial charge < -0.3 is 9.73 Å². The lowest BCUT2D eigenvalue weighted by Crippen LogP contribution is -2.11. The van der Waals surface area contributed by atoms with E-state index in [1.54, 1.807) is 18.2 Å². The van der Waals surface area contributed by atoms with Crippen molar-refractivity contribution in [1.29, 1.82) is 0 Å². The minimum Gasteiger partial charge on any atom is -0.408 e. The molecule has 2 N–H and O–H groups in total. The molecule has 1 aromatic carbocycles. The van der Waals surface area contributed by atoms with Gasteiger partial charge in [-0.1, -0.05) is 0 Å². The molecule has 0 unspecified atom stereocenters. The van der Waals surface area contributed by atoms with Crippen molar-refractivity contribution >= 4 is 35.3 Å². The Kier molecular flexibility index (Phi) is 3.00. The number of aromatic nitrogens is 1. The van der Waals surface area contributed by atoms with Gasteiger partial charge in [0.05, 0.1) is 5.52 Å². The Labute approximate surface area is 96.2 Å². The quantitative estimate of drug-likeness (QED) is 0.707. The molecule has 1 heterocycles. The molecule has 0 spiro atoms. The zero-order valence-electron chi connectivity index (χ0n) is 8.32. The van der Waals surface area contributed by atoms with Crippen molar-refractivity contribution in [1.82, 2.24) is 4.98 Å². The van der Waals surface area contributed by atoms with E-state index in [2.05, 4.69) is 22.9 Å². The Morgan fingerprint density at radius 3 is 3.06 bits per heavy atom. The number of benzene rings is 1. The molecule has 1 aromatic heterocycles. The van der Waals surface area contributed by atoms with Crippen LogP contribution in [0.15, 0.2) is 27.4 Å². The van der Waals surface area contributed by atoms with E-state index in [1.165, 1.54) is 0 Å². The fourth-order valence-corrected chi connectivity index (χ4v) is 1.56. The Hall–Kier alpha value is -1.69. The predicted molar refractivity (Wildman–Crippen MR) is 63.9 cm³/mol. The van der Waals surface area contributed by atoms with E-state index in [-0.39, 0.29) is 5.91 Å². The van der Waals surface area contributed by atoms with Gasteiger partial charge in [0, 0.05) is 12.1 Å². The lowest BCUT2D eigenvalue weighted by molar-refractivity contribution is -0.115. The molecule has 2 aromatic rings. The van der Waals surface area contributed by atoms with Crippen LogP contribution in [0, 0.1) is 0 Å². The zero-order valence-corrected chi connectivity index (χ0v) is 9.21. The van der Waals surface area contributed by atoms with Crippen molar-refractivity contribution in [3.05, 3.63) is 28.7 Å². The topological polar surface area (TPSA) is 75.1 Å². The van der Waals surface area contributed by atoms with Crippen LogP contribution in [0.1, 0.15) is 6.42 Å². The van der Waals surface area contributed by atoms with Gasteiger partial charge in [-0.05, 0) is 24.0 Å². The second-order valence-corrected chi connectivity index (χ2v) is 3.69. The van der Waals surface area contributed by atoms with Crippen LogP contribution in [-0.4, -0.2) is 16.6 Å². The number of oxazole rings is 1. The molecule has 0 aliphatic carbocycles. The first-order valence-corrected chi connectivity index (χ1v) is 5.36. The van der Waals surface area contributed by atoms with E-state index in [0.29, 0.717) is 29.0 Å². The maximum atomic E-state index is 11.3. The van der Waals surface area contributed by atoms with Crippen LogP contribution in [0.25, 0.3) is 11.1 Å². The largest absolute Gasteiger partial charge is 0.417 e. The van der Waals surface area contributed by atoms with Gasteiger partial charge in [0.1, 0.15) is 0 Å². The highest BCUT2D eigenvalue weighted by Crippen LogP contribution is 2.16. The summed E-state index contributed by atoms with van der Waals surface area (Å²) in [6, 6.07) is 4.95. The van der Waals surface area contributed by atoms with E-state index in [0.717, 1.165) is 0 Å². The molecule has 0 fully saturated rings. The molecule has 0 aliphatic heterocycles. The Bertz CT molecular complexity index is 573. The molecule has 16 heavy (non-hydrogen) atoms. The van der Waals surface area contributed by atoms with E-state index >= 15 is 0 Å². The van der Waals surface area contributed by atoms with Crippen molar-refractivity contribution in [2.45, 2.75) is 6.42 Å². The molecular formula is C10H10N2O3S. The lowest BCUT2D eigenvalue weighted by atomic mass is 10.3. The summed E-state index contributed by atoms with van der Waals surface area (Å²) in [7, 11) is 0. The van der Waals surface area contributed by atoms with Crippen LogP contribution in [0.3, 0.4) is 0 Å². The van der Waals surface area contributed by atoms with Gasteiger partial charge in [0.25, 0.3) is 0 Å². The predicted octanol–water partition coefficient (Wildman–Crippen LogP) is 1.38. The van der Waals surface area contributed by atoms with Crippen LogP contribution >= 0.6 is 12.6 Å². The van der Waals surface area contributed by atoms with Gasteiger partial charge in [0.15, 0.2) is 5.58 Å². The van der Waals surface area contributed by atoms with Gasteiger partial charge in [-0.25, -0.2) is 4.79 Å². The molecule has 1 amide bonds. The smallest absolute Gasteiger partial charge is 0.408 e. The number of amides is 1. The second-order valence-electron chi connectivity index (χ2n) is 3.25. The van der Waals surface area contributed by atoms with E-state index < -0.39 is 5.76 Å². The van der Waals surface area contributed by atoms with Crippen LogP contribution < -0.4 is 11.1 Å². The third kappa shape index (κ3) is 2.27. The fourth-order valence-electron chi connectivity index (χ4n) is 1.35. The van der Waals surface area contributed by atoms with E-state index in [9.17, 15) is 9.59 Å².